The second-order valence-electron chi connectivity index (χ2n) is 2.61. The second kappa shape index (κ2) is 2.79. The lowest BCUT2D eigenvalue weighted by atomic mass is 10.0. The van der Waals surface area contributed by atoms with E-state index in [1.807, 2.05) is 12.1 Å². The summed E-state index contributed by atoms with van der Waals surface area (Å²) in [7, 11) is 0. The highest BCUT2D eigenvalue weighted by atomic mass is 35.5. The molecule has 3 heteroatoms. The molecule has 1 aliphatic heterocycles. The fourth-order valence-electron chi connectivity index (χ4n) is 1.25. The first-order chi connectivity index (χ1) is 5.79. The minimum atomic E-state index is -0.319. The molecular formula is C9H7ClFN. The molecule has 1 aliphatic rings. The molecule has 1 N–H and O–H groups in total. The third-order valence-electron chi connectivity index (χ3n) is 1.85. The summed E-state index contributed by atoms with van der Waals surface area (Å²) in [5.41, 5.74) is 1.05. The second-order valence-corrected chi connectivity index (χ2v) is 3.05. The monoisotopic (exact) mass is 183 g/mol. The maximum Gasteiger partial charge on any atom is 0.146 e. The van der Waals surface area contributed by atoms with Crippen LogP contribution in [0, 0.1) is 0 Å². The Labute approximate surface area is 74.8 Å². The van der Waals surface area contributed by atoms with Gasteiger partial charge in [-0.2, -0.15) is 0 Å². The van der Waals surface area contributed by atoms with Gasteiger partial charge in [-0.05, 0) is 5.56 Å². The van der Waals surface area contributed by atoms with Gasteiger partial charge in [0.1, 0.15) is 11.3 Å². The first-order valence-electron chi connectivity index (χ1n) is 3.64. The topological polar surface area (TPSA) is 12.0 Å². The molecule has 1 aromatic rings. The molecule has 2 rings (SSSR count). The Morgan fingerprint density at radius 2 is 2.08 bits per heavy atom. The maximum absolute atomic E-state index is 13.1. The van der Waals surface area contributed by atoms with Gasteiger partial charge in [0, 0.05) is 11.8 Å². The lowest BCUT2D eigenvalue weighted by molar-refractivity contribution is 0.708. The van der Waals surface area contributed by atoms with Crippen molar-refractivity contribution in [3.63, 3.8) is 0 Å². The predicted molar refractivity (Wildman–Crippen MR) is 47.3 cm³/mol. The van der Waals surface area contributed by atoms with Crippen LogP contribution in [0.15, 0.2) is 30.5 Å². The van der Waals surface area contributed by atoms with Gasteiger partial charge < -0.3 is 5.32 Å². The number of hydrogen-bond donors (Lipinski definition) is 1. The van der Waals surface area contributed by atoms with Gasteiger partial charge in [0.2, 0.25) is 0 Å². The summed E-state index contributed by atoms with van der Waals surface area (Å²) < 4.78 is 13.1. The fraction of sp³-hybridized carbons (Fsp3) is 0.111. The minimum Gasteiger partial charge on any atom is -0.369 e. The van der Waals surface area contributed by atoms with Crippen LogP contribution in [-0.4, -0.2) is 0 Å². The minimum absolute atomic E-state index is 0.262. The SMILES string of the molecule is FC1=CNC(Cl)c2ccccc21. The van der Waals surface area contributed by atoms with E-state index in [2.05, 4.69) is 5.32 Å². The van der Waals surface area contributed by atoms with Gasteiger partial charge in [-0.25, -0.2) is 4.39 Å². The molecule has 62 valence electrons. The Hall–Kier alpha value is -1.02. The highest BCUT2D eigenvalue weighted by Crippen LogP contribution is 2.31. The maximum atomic E-state index is 13.1. The molecule has 1 unspecified atom stereocenters. The van der Waals surface area contributed by atoms with Crippen molar-refractivity contribution in [2.45, 2.75) is 5.50 Å². The van der Waals surface area contributed by atoms with Gasteiger partial charge in [0.25, 0.3) is 0 Å². The van der Waals surface area contributed by atoms with Crippen molar-refractivity contribution in [2.24, 2.45) is 0 Å². The van der Waals surface area contributed by atoms with Crippen LogP contribution >= 0.6 is 11.6 Å². The molecule has 1 aromatic carbocycles. The number of hydrogen-bond acceptors (Lipinski definition) is 1. The third-order valence-corrected chi connectivity index (χ3v) is 2.21. The summed E-state index contributed by atoms with van der Waals surface area (Å²) >= 11 is 5.89. The molecule has 0 amide bonds. The van der Waals surface area contributed by atoms with Crippen LogP contribution in [-0.2, 0) is 0 Å². The first-order valence-corrected chi connectivity index (χ1v) is 4.08. The predicted octanol–water partition coefficient (Wildman–Crippen LogP) is 2.80. The summed E-state index contributed by atoms with van der Waals surface area (Å²) in [6.07, 6.45) is 1.29. The summed E-state index contributed by atoms with van der Waals surface area (Å²) in [6, 6.07) is 7.17. The average Bonchev–Trinajstić information content (AvgIpc) is 2.12. The van der Waals surface area contributed by atoms with Crippen LogP contribution < -0.4 is 5.32 Å². The van der Waals surface area contributed by atoms with E-state index >= 15 is 0 Å². The molecule has 0 aliphatic carbocycles. The van der Waals surface area contributed by atoms with Gasteiger partial charge in [0.15, 0.2) is 0 Å². The Morgan fingerprint density at radius 1 is 1.33 bits per heavy atom. The summed E-state index contributed by atoms with van der Waals surface area (Å²) in [5.74, 6) is -0.262. The number of fused-ring (bicyclic) bond motifs is 1. The van der Waals surface area contributed by atoms with Gasteiger partial charge in [-0.1, -0.05) is 35.9 Å². The average molecular weight is 184 g/mol. The van der Waals surface area contributed by atoms with E-state index in [1.165, 1.54) is 6.20 Å². The zero-order valence-electron chi connectivity index (χ0n) is 6.22. The summed E-state index contributed by atoms with van der Waals surface area (Å²) in [4.78, 5) is 0. The van der Waals surface area contributed by atoms with E-state index in [0.29, 0.717) is 5.56 Å². The lowest BCUT2D eigenvalue weighted by Crippen LogP contribution is -2.15. The molecule has 12 heavy (non-hydrogen) atoms. The van der Waals surface area contributed by atoms with Crippen LogP contribution in [0.25, 0.3) is 5.83 Å². The zero-order valence-corrected chi connectivity index (χ0v) is 6.98. The Kier molecular flexibility index (Phi) is 1.77. The van der Waals surface area contributed by atoms with Crippen molar-refractivity contribution in [2.75, 3.05) is 0 Å². The van der Waals surface area contributed by atoms with Crippen molar-refractivity contribution in [3.8, 4) is 0 Å². The Bertz CT molecular complexity index is 335. The highest BCUT2D eigenvalue weighted by Gasteiger charge is 2.17. The van der Waals surface area contributed by atoms with Gasteiger partial charge in [-0.15, -0.1) is 0 Å². The summed E-state index contributed by atoms with van der Waals surface area (Å²) in [6.45, 7) is 0. The molecule has 0 fully saturated rings. The molecule has 0 radical (unpaired) electrons. The molecule has 0 saturated heterocycles. The standard InChI is InChI=1S/C9H7ClFN/c10-9-7-4-2-1-3-6(7)8(11)5-12-9/h1-5,9,12H. The van der Waals surface area contributed by atoms with Crippen LogP contribution in [0.2, 0.25) is 0 Å². The van der Waals surface area contributed by atoms with E-state index in [0.717, 1.165) is 5.56 Å². The van der Waals surface area contributed by atoms with Crippen molar-refractivity contribution < 1.29 is 4.39 Å². The van der Waals surface area contributed by atoms with Crippen molar-refractivity contribution in [3.05, 3.63) is 41.6 Å². The molecule has 1 nitrogen and oxygen atoms in total. The van der Waals surface area contributed by atoms with Crippen molar-refractivity contribution >= 4 is 17.4 Å². The highest BCUT2D eigenvalue weighted by molar-refractivity contribution is 6.21. The van der Waals surface area contributed by atoms with Crippen LogP contribution in [0.3, 0.4) is 0 Å². The van der Waals surface area contributed by atoms with E-state index in [1.54, 1.807) is 12.1 Å². The Morgan fingerprint density at radius 3 is 2.83 bits per heavy atom. The van der Waals surface area contributed by atoms with Crippen molar-refractivity contribution in [1.82, 2.24) is 5.32 Å². The van der Waals surface area contributed by atoms with E-state index < -0.39 is 0 Å². The number of alkyl halides is 1. The van der Waals surface area contributed by atoms with Gasteiger partial charge in [0.05, 0.1) is 0 Å². The fourth-order valence-corrected chi connectivity index (χ4v) is 1.50. The molecule has 0 spiro atoms. The number of nitrogens with one attached hydrogen (secondary N) is 1. The van der Waals surface area contributed by atoms with Gasteiger partial charge >= 0.3 is 0 Å². The van der Waals surface area contributed by atoms with E-state index in [-0.39, 0.29) is 11.3 Å². The molecular weight excluding hydrogens is 177 g/mol. The van der Waals surface area contributed by atoms with Crippen LogP contribution in [0.1, 0.15) is 16.6 Å². The largest absolute Gasteiger partial charge is 0.369 e. The molecule has 0 aromatic heterocycles. The number of halogens is 2. The third kappa shape index (κ3) is 1.08. The summed E-state index contributed by atoms with van der Waals surface area (Å²) in [5, 5.41) is 2.72. The lowest BCUT2D eigenvalue weighted by Gasteiger charge is -2.18. The normalized spacial score (nSPS) is 20.8. The molecule has 0 saturated carbocycles. The molecule has 1 atom stereocenters. The van der Waals surface area contributed by atoms with Gasteiger partial charge in [-0.3, -0.25) is 0 Å². The van der Waals surface area contributed by atoms with E-state index in [4.69, 9.17) is 11.6 Å². The Balaban J connectivity index is 2.58. The molecule has 1 heterocycles. The quantitative estimate of drug-likeness (QED) is 0.482. The van der Waals surface area contributed by atoms with E-state index in [9.17, 15) is 4.39 Å². The molecule has 0 bridgehead atoms. The number of benzene rings is 1. The van der Waals surface area contributed by atoms with Crippen molar-refractivity contribution in [1.29, 1.82) is 0 Å². The smallest absolute Gasteiger partial charge is 0.146 e. The zero-order chi connectivity index (χ0) is 8.55. The van der Waals surface area contributed by atoms with Crippen LogP contribution in [0.5, 0.6) is 0 Å². The van der Waals surface area contributed by atoms with Crippen LogP contribution in [0.4, 0.5) is 4.39 Å². The number of rotatable bonds is 0. The first kappa shape index (κ1) is 7.62.